The summed E-state index contributed by atoms with van der Waals surface area (Å²) in [5.41, 5.74) is 1.58. The Bertz CT molecular complexity index is 540. The lowest BCUT2D eigenvalue weighted by Crippen LogP contribution is -2.62. The summed E-state index contributed by atoms with van der Waals surface area (Å²) in [4.78, 5) is 12.4. The molecule has 114 valence electrons. The highest BCUT2D eigenvalue weighted by molar-refractivity contribution is 5.92. The van der Waals surface area contributed by atoms with Crippen molar-refractivity contribution in [3.8, 4) is 0 Å². The van der Waals surface area contributed by atoms with Crippen LogP contribution in [0.2, 0.25) is 0 Å². The number of rotatable bonds is 5. The summed E-state index contributed by atoms with van der Waals surface area (Å²) >= 11 is 0. The van der Waals surface area contributed by atoms with Gasteiger partial charge in [0.2, 0.25) is 0 Å². The van der Waals surface area contributed by atoms with Crippen molar-refractivity contribution in [1.29, 1.82) is 0 Å². The Kier molecular flexibility index (Phi) is 3.23. The second-order valence-corrected chi connectivity index (χ2v) is 6.39. The molecule has 1 aliphatic heterocycles. The molecule has 2 heterocycles. The van der Waals surface area contributed by atoms with E-state index in [4.69, 9.17) is 9.47 Å². The molecule has 0 spiro atoms. The van der Waals surface area contributed by atoms with Crippen LogP contribution >= 0.6 is 0 Å². The van der Waals surface area contributed by atoms with E-state index in [1.54, 1.807) is 7.11 Å². The van der Waals surface area contributed by atoms with Gasteiger partial charge in [0.25, 0.3) is 5.91 Å². The van der Waals surface area contributed by atoms with E-state index >= 15 is 0 Å². The minimum Gasteiger partial charge on any atom is -0.384 e. The molecule has 1 aromatic heterocycles. The predicted molar refractivity (Wildman–Crippen MR) is 75.0 cm³/mol. The number of H-pyrrole nitrogens is 1. The van der Waals surface area contributed by atoms with Crippen molar-refractivity contribution >= 4 is 5.91 Å². The van der Waals surface area contributed by atoms with Gasteiger partial charge in [0, 0.05) is 43.2 Å². The van der Waals surface area contributed by atoms with Crippen molar-refractivity contribution in [3.63, 3.8) is 0 Å². The molecule has 0 bridgehead atoms. The average molecular weight is 291 g/mol. The summed E-state index contributed by atoms with van der Waals surface area (Å²) in [5, 5.41) is 10.3. The summed E-state index contributed by atoms with van der Waals surface area (Å²) < 4.78 is 11.0. The van der Waals surface area contributed by atoms with Gasteiger partial charge in [0.05, 0.1) is 12.7 Å². The molecule has 0 unspecified atom stereocenters. The zero-order valence-electron chi connectivity index (χ0n) is 12.2. The van der Waals surface area contributed by atoms with Crippen molar-refractivity contribution in [3.05, 3.63) is 17.5 Å². The van der Waals surface area contributed by atoms with Crippen LogP contribution in [0.15, 0.2) is 6.07 Å². The van der Waals surface area contributed by atoms with Gasteiger partial charge < -0.3 is 14.8 Å². The van der Waals surface area contributed by atoms with Gasteiger partial charge in [0.1, 0.15) is 5.69 Å². The number of ether oxygens (including phenoxy) is 2. The number of hydrogen-bond acceptors (Lipinski definition) is 4. The molecule has 2 saturated carbocycles. The summed E-state index contributed by atoms with van der Waals surface area (Å²) in [6, 6.07) is 2.03. The van der Waals surface area contributed by atoms with Crippen molar-refractivity contribution in [2.24, 2.45) is 11.8 Å². The Morgan fingerprint density at radius 2 is 2.38 bits per heavy atom. The number of aromatic amines is 1. The molecule has 2 aliphatic carbocycles. The van der Waals surface area contributed by atoms with Gasteiger partial charge in [-0.1, -0.05) is 0 Å². The standard InChI is InChI=1S/C15H21N3O3/c1-20-7-10-13(9-4-5-21-14(9)10)16-15(19)12-6-11(17-18-12)8-2-3-8/h6,8-10,13-14H,2-5,7H2,1H3,(H,16,19)(H,17,18)/t9-,10+,13-,14-/m0/s1. The molecule has 0 radical (unpaired) electrons. The number of hydrogen-bond donors (Lipinski definition) is 2. The van der Waals surface area contributed by atoms with E-state index < -0.39 is 0 Å². The fourth-order valence-corrected chi connectivity index (χ4v) is 3.72. The highest BCUT2D eigenvalue weighted by Crippen LogP contribution is 2.44. The summed E-state index contributed by atoms with van der Waals surface area (Å²) in [5.74, 6) is 1.18. The number of aromatic nitrogens is 2. The number of carbonyl (C=O) groups excluding carboxylic acids is 1. The van der Waals surface area contributed by atoms with E-state index in [0.29, 0.717) is 24.1 Å². The molecule has 21 heavy (non-hydrogen) atoms. The summed E-state index contributed by atoms with van der Waals surface area (Å²) in [6.45, 7) is 1.41. The molecular formula is C15H21N3O3. The first-order chi connectivity index (χ1) is 10.3. The first kappa shape index (κ1) is 13.3. The van der Waals surface area contributed by atoms with E-state index in [-0.39, 0.29) is 24.0 Å². The molecule has 1 saturated heterocycles. The molecule has 1 aromatic rings. The van der Waals surface area contributed by atoms with Crippen LogP contribution in [-0.2, 0) is 9.47 Å². The number of nitrogens with one attached hydrogen (secondary N) is 2. The Morgan fingerprint density at radius 1 is 1.52 bits per heavy atom. The number of methoxy groups -OCH3 is 1. The zero-order chi connectivity index (χ0) is 14.4. The molecule has 6 heteroatoms. The first-order valence-corrected chi connectivity index (χ1v) is 7.74. The van der Waals surface area contributed by atoms with Gasteiger partial charge in [-0.05, 0) is 25.3 Å². The third kappa shape index (κ3) is 2.26. The van der Waals surface area contributed by atoms with Crippen LogP contribution in [0.1, 0.15) is 41.4 Å². The average Bonchev–Trinajstić information content (AvgIpc) is 3.07. The molecule has 2 N–H and O–H groups in total. The molecule has 1 amide bonds. The van der Waals surface area contributed by atoms with Crippen LogP contribution in [0.4, 0.5) is 0 Å². The highest BCUT2D eigenvalue weighted by Gasteiger charge is 2.54. The molecule has 4 atom stereocenters. The molecule has 3 aliphatic rings. The van der Waals surface area contributed by atoms with Gasteiger partial charge in [-0.25, -0.2) is 0 Å². The second kappa shape index (κ2) is 5.10. The topological polar surface area (TPSA) is 76.2 Å². The maximum atomic E-state index is 12.4. The summed E-state index contributed by atoms with van der Waals surface area (Å²) in [6.07, 6.45) is 3.66. The molecule has 4 rings (SSSR count). The maximum Gasteiger partial charge on any atom is 0.272 e. The quantitative estimate of drug-likeness (QED) is 0.850. The lowest BCUT2D eigenvalue weighted by Gasteiger charge is -2.47. The van der Waals surface area contributed by atoms with Gasteiger partial charge in [-0.15, -0.1) is 0 Å². The SMILES string of the molecule is COC[C@@H]1[C@@H](NC(=O)c2cc(C3CC3)[nH]n2)[C@@H]2CCO[C@H]12. The number of nitrogens with zero attached hydrogens (tertiary/aromatic N) is 1. The van der Waals surface area contributed by atoms with Crippen LogP contribution in [0.5, 0.6) is 0 Å². The van der Waals surface area contributed by atoms with Gasteiger partial charge in [-0.3, -0.25) is 9.89 Å². The number of carbonyl (C=O) groups is 1. The van der Waals surface area contributed by atoms with Crippen LogP contribution in [0.25, 0.3) is 0 Å². The highest BCUT2D eigenvalue weighted by atomic mass is 16.5. The first-order valence-electron chi connectivity index (χ1n) is 7.74. The predicted octanol–water partition coefficient (Wildman–Crippen LogP) is 1.07. The minimum absolute atomic E-state index is 0.0883. The van der Waals surface area contributed by atoms with Gasteiger partial charge >= 0.3 is 0 Å². The van der Waals surface area contributed by atoms with Crippen LogP contribution in [-0.4, -0.2) is 48.6 Å². The monoisotopic (exact) mass is 291 g/mol. The fourth-order valence-electron chi connectivity index (χ4n) is 3.72. The molecule has 3 fully saturated rings. The Hall–Kier alpha value is -1.40. The van der Waals surface area contributed by atoms with Crippen molar-refractivity contribution in [1.82, 2.24) is 15.5 Å². The third-order valence-corrected chi connectivity index (χ3v) is 5.03. The molecular weight excluding hydrogens is 270 g/mol. The Morgan fingerprint density at radius 3 is 3.14 bits per heavy atom. The van der Waals surface area contributed by atoms with Crippen LogP contribution < -0.4 is 5.32 Å². The van der Waals surface area contributed by atoms with Crippen LogP contribution in [0, 0.1) is 11.8 Å². The zero-order valence-corrected chi connectivity index (χ0v) is 12.2. The minimum atomic E-state index is -0.0883. The van der Waals surface area contributed by atoms with Crippen molar-refractivity contribution in [2.75, 3.05) is 20.3 Å². The van der Waals surface area contributed by atoms with E-state index in [1.165, 1.54) is 12.8 Å². The van der Waals surface area contributed by atoms with Gasteiger partial charge in [0.15, 0.2) is 0 Å². The van der Waals surface area contributed by atoms with E-state index in [1.807, 2.05) is 6.07 Å². The lowest BCUT2D eigenvalue weighted by atomic mass is 9.67. The maximum absolute atomic E-state index is 12.4. The Balaban J connectivity index is 1.42. The molecule has 0 aromatic carbocycles. The number of amides is 1. The molecule has 6 nitrogen and oxygen atoms in total. The normalized spacial score (nSPS) is 34.3. The summed E-state index contributed by atoms with van der Waals surface area (Å²) in [7, 11) is 1.69. The van der Waals surface area contributed by atoms with Gasteiger partial charge in [-0.2, -0.15) is 5.10 Å². The third-order valence-electron chi connectivity index (χ3n) is 5.03. The lowest BCUT2D eigenvalue weighted by molar-refractivity contribution is -0.0810. The van der Waals surface area contributed by atoms with Crippen LogP contribution in [0.3, 0.4) is 0 Å². The smallest absolute Gasteiger partial charge is 0.272 e. The van der Waals surface area contributed by atoms with Crippen molar-refractivity contribution < 1.29 is 14.3 Å². The van der Waals surface area contributed by atoms with Crippen molar-refractivity contribution in [2.45, 2.75) is 37.3 Å². The second-order valence-electron chi connectivity index (χ2n) is 6.39. The van der Waals surface area contributed by atoms with E-state index in [2.05, 4.69) is 15.5 Å². The number of fused-ring (bicyclic) bond motifs is 1. The van der Waals surface area contributed by atoms with E-state index in [9.17, 15) is 4.79 Å². The fraction of sp³-hybridized carbons (Fsp3) is 0.733. The largest absolute Gasteiger partial charge is 0.384 e. The Labute approximate surface area is 123 Å². The van der Waals surface area contributed by atoms with E-state index in [0.717, 1.165) is 18.7 Å².